The summed E-state index contributed by atoms with van der Waals surface area (Å²) in [7, 11) is 4.18. The van der Waals surface area contributed by atoms with E-state index in [9.17, 15) is 0 Å². The number of nitrogens with one attached hydrogen (secondary N) is 1. The molecule has 1 aliphatic heterocycles. The van der Waals surface area contributed by atoms with Crippen molar-refractivity contribution >= 4 is 17.3 Å². The normalized spacial score (nSPS) is 18.2. The molecule has 3 heterocycles. The monoisotopic (exact) mass is 450 g/mol. The maximum atomic E-state index is 6.39. The third kappa shape index (κ3) is 4.95. The van der Waals surface area contributed by atoms with Crippen molar-refractivity contribution in [2.24, 2.45) is 0 Å². The molecular weight excluding hydrogens is 420 g/mol. The highest BCUT2D eigenvalue weighted by Gasteiger charge is 2.41. The zero-order chi connectivity index (χ0) is 22.5. The first-order valence-electron chi connectivity index (χ1n) is 11.0. The molecule has 1 N–H and O–H groups in total. The molecule has 0 spiro atoms. The van der Waals surface area contributed by atoms with E-state index < -0.39 is 0 Å². The molecule has 1 saturated heterocycles. The van der Waals surface area contributed by atoms with Crippen LogP contribution in [0.25, 0.3) is 11.3 Å². The molecule has 0 bridgehead atoms. The van der Waals surface area contributed by atoms with Crippen molar-refractivity contribution in [2.75, 3.05) is 33.8 Å². The number of benzene rings is 1. The van der Waals surface area contributed by atoms with E-state index in [0.717, 1.165) is 53.2 Å². The van der Waals surface area contributed by atoms with Crippen LogP contribution in [0.3, 0.4) is 0 Å². The van der Waals surface area contributed by atoms with Gasteiger partial charge >= 0.3 is 0 Å². The summed E-state index contributed by atoms with van der Waals surface area (Å²) < 4.78 is 11.9. The summed E-state index contributed by atoms with van der Waals surface area (Å²) in [6.45, 7) is 4.47. The number of hydrogen-bond acceptors (Lipinski definition) is 5. The van der Waals surface area contributed by atoms with Gasteiger partial charge in [0.2, 0.25) is 0 Å². The van der Waals surface area contributed by atoms with Gasteiger partial charge in [0.15, 0.2) is 5.11 Å². The van der Waals surface area contributed by atoms with E-state index in [1.807, 2.05) is 61.7 Å². The predicted molar refractivity (Wildman–Crippen MR) is 131 cm³/mol. The highest BCUT2D eigenvalue weighted by Crippen LogP contribution is 2.40. The highest BCUT2D eigenvalue weighted by atomic mass is 32.1. The largest absolute Gasteiger partial charge is 0.494 e. The van der Waals surface area contributed by atoms with Gasteiger partial charge in [0, 0.05) is 18.3 Å². The van der Waals surface area contributed by atoms with Gasteiger partial charge in [-0.1, -0.05) is 6.07 Å². The van der Waals surface area contributed by atoms with Crippen LogP contribution < -0.4 is 10.1 Å². The van der Waals surface area contributed by atoms with Crippen LogP contribution in [0.1, 0.15) is 36.9 Å². The minimum atomic E-state index is -0.0672. The van der Waals surface area contributed by atoms with Crippen LogP contribution in [0.4, 0.5) is 0 Å². The van der Waals surface area contributed by atoms with Gasteiger partial charge in [-0.05, 0) is 94.7 Å². The van der Waals surface area contributed by atoms with Gasteiger partial charge in [-0.25, -0.2) is 0 Å². The lowest BCUT2D eigenvalue weighted by Gasteiger charge is -2.26. The van der Waals surface area contributed by atoms with Crippen LogP contribution >= 0.6 is 12.2 Å². The molecule has 4 rings (SSSR count). The first kappa shape index (κ1) is 22.3. The third-order valence-electron chi connectivity index (χ3n) is 5.57. The second-order valence-corrected chi connectivity index (χ2v) is 8.52. The summed E-state index contributed by atoms with van der Waals surface area (Å²) in [6, 6.07) is 17.9. The summed E-state index contributed by atoms with van der Waals surface area (Å²) in [4.78, 5) is 9.02. The number of hydrogen-bond donors (Lipinski definition) is 1. The quantitative estimate of drug-likeness (QED) is 0.476. The van der Waals surface area contributed by atoms with E-state index >= 15 is 0 Å². The Bertz CT molecular complexity index is 1020. The summed E-state index contributed by atoms with van der Waals surface area (Å²) >= 11 is 5.73. The predicted octanol–water partition coefficient (Wildman–Crippen LogP) is 4.66. The lowest BCUT2D eigenvalue weighted by Crippen LogP contribution is -2.32. The zero-order valence-corrected chi connectivity index (χ0v) is 19.6. The lowest BCUT2D eigenvalue weighted by atomic mass is 10.0. The van der Waals surface area contributed by atoms with Crippen molar-refractivity contribution in [3.8, 4) is 17.1 Å². The molecule has 3 aromatic rings. The summed E-state index contributed by atoms with van der Waals surface area (Å²) in [5, 5.41) is 4.22. The average molecular weight is 451 g/mol. The molecule has 0 radical (unpaired) electrons. The van der Waals surface area contributed by atoms with Gasteiger partial charge in [-0.2, -0.15) is 0 Å². The molecule has 1 aliphatic rings. The molecule has 0 saturated carbocycles. The smallest absolute Gasteiger partial charge is 0.170 e. The molecule has 168 valence electrons. The second kappa shape index (κ2) is 10.1. The van der Waals surface area contributed by atoms with Crippen molar-refractivity contribution in [3.05, 3.63) is 72.2 Å². The highest BCUT2D eigenvalue weighted by molar-refractivity contribution is 7.80. The van der Waals surface area contributed by atoms with Gasteiger partial charge in [0.25, 0.3) is 0 Å². The summed E-state index contributed by atoms with van der Waals surface area (Å²) in [6.07, 6.45) is 2.83. The van der Waals surface area contributed by atoms with Gasteiger partial charge in [-0.15, -0.1) is 0 Å². The zero-order valence-electron chi connectivity index (χ0n) is 18.8. The van der Waals surface area contributed by atoms with Crippen molar-refractivity contribution in [1.82, 2.24) is 20.1 Å². The Balaban J connectivity index is 1.62. The Morgan fingerprint density at radius 2 is 1.94 bits per heavy atom. The standard InChI is InChI=1S/C25H30N4O2S/c1-4-30-19-11-9-18(10-12-19)21-13-14-22(31-21)24-23(20-8-5-6-15-26-20)27-25(32)29(24)17-7-16-28(2)3/h5-6,8-15,23-24H,4,7,16-17H2,1-3H3,(H,27,32)/t23-,24+/m0/s1. The molecule has 1 aromatic carbocycles. The van der Waals surface area contributed by atoms with Crippen molar-refractivity contribution in [1.29, 1.82) is 0 Å². The molecule has 1 fully saturated rings. The molecule has 7 heteroatoms. The van der Waals surface area contributed by atoms with E-state index in [1.165, 1.54) is 0 Å². The van der Waals surface area contributed by atoms with Crippen LogP contribution in [0.5, 0.6) is 5.75 Å². The van der Waals surface area contributed by atoms with Crippen LogP contribution in [-0.2, 0) is 0 Å². The number of ether oxygens (including phenoxy) is 1. The van der Waals surface area contributed by atoms with E-state index in [1.54, 1.807) is 0 Å². The van der Waals surface area contributed by atoms with Crippen LogP contribution in [0.2, 0.25) is 0 Å². The molecule has 2 atom stereocenters. The molecular formula is C25H30N4O2S. The Labute approximate surface area is 195 Å². The van der Waals surface area contributed by atoms with E-state index in [2.05, 4.69) is 40.3 Å². The third-order valence-corrected chi connectivity index (χ3v) is 5.92. The van der Waals surface area contributed by atoms with E-state index in [4.69, 9.17) is 21.4 Å². The fourth-order valence-electron chi connectivity index (χ4n) is 4.06. The lowest BCUT2D eigenvalue weighted by molar-refractivity contribution is 0.261. The fraction of sp³-hybridized carbons (Fsp3) is 0.360. The number of thiocarbonyl (C=S) groups is 1. The number of furan rings is 1. The maximum Gasteiger partial charge on any atom is 0.170 e. The molecule has 0 aliphatic carbocycles. The fourth-order valence-corrected chi connectivity index (χ4v) is 4.39. The molecule has 0 amide bonds. The summed E-state index contributed by atoms with van der Waals surface area (Å²) in [5.74, 6) is 2.56. The van der Waals surface area contributed by atoms with E-state index in [-0.39, 0.29) is 12.1 Å². The minimum Gasteiger partial charge on any atom is -0.494 e. The first-order valence-corrected chi connectivity index (χ1v) is 11.4. The Kier molecular flexibility index (Phi) is 7.07. The molecule has 2 aromatic heterocycles. The summed E-state index contributed by atoms with van der Waals surface area (Å²) in [5.41, 5.74) is 1.97. The Morgan fingerprint density at radius 1 is 1.12 bits per heavy atom. The SMILES string of the molecule is CCOc1ccc(-c2ccc([C@@H]3[C@H](c4ccccn4)NC(=S)N3CCCN(C)C)o2)cc1. The molecule has 32 heavy (non-hydrogen) atoms. The topological polar surface area (TPSA) is 53.8 Å². The maximum absolute atomic E-state index is 6.39. The van der Waals surface area contributed by atoms with Crippen LogP contribution in [0.15, 0.2) is 65.2 Å². The van der Waals surface area contributed by atoms with Crippen molar-refractivity contribution in [2.45, 2.75) is 25.4 Å². The van der Waals surface area contributed by atoms with Gasteiger partial charge in [-0.3, -0.25) is 4.98 Å². The average Bonchev–Trinajstić information content (AvgIpc) is 3.40. The molecule has 6 nitrogen and oxygen atoms in total. The van der Waals surface area contributed by atoms with Crippen LogP contribution in [0, 0.1) is 0 Å². The second-order valence-electron chi connectivity index (χ2n) is 8.14. The van der Waals surface area contributed by atoms with Gasteiger partial charge < -0.3 is 24.3 Å². The molecule has 0 unspecified atom stereocenters. The van der Waals surface area contributed by atoms with E-state index in [0.29, 0.717) is 6.61 Å². The van der Waals surface area contributed by atoms with Crippen molar-refractivity contribution < 1.29 is 9.15 Å². The Morgan fingerprint density at radius 3 is 2.62 bits per heavy atom. The first-order chi connectivity index (χ1) is 15.6. The number of nitrogens with zero attached hydrogens (tertiary/aromatic N) is 3. The Hall–Kier alpha value is -2.90. The number of aromatic nitrogens is 1. The minimum absolute atomic E-state index is 0.0592. The van der Waals surface area contributed by atoms with Gasteiger partial charge in [0.05, 0.1) is 18.3 Å². The van der Waals surface area contributed by atoms with Gasteiger partial charge in [0.1, 0.15) is 23.3 Å². The number of rotatable bonds is 9. The number of pyridine rings is 1. The van der Waals surface area contributed by atoms with Crippen LogP contribution in [-0.4, -0.2) is 53.7 Å². The van der Waals surface area contributed by atoms with Crippen molar-refractivity contribution in [3.63, 3.8) is 0 Å².